The second-order valence-corrected chi connectivity index (χ2v) is 9.75. The standard InChI is InChI=1S/C21H38NO5P/c1-2-3-4-5-6-7-8-17-9-10-19-14-20(12-11-18(19)13-17)21(22,15-23)16-27-28(24,25)26/h9-10,13,20,23-26,28H,2-8,11-12,14-16,22H2,1H3/t20-,21?/m0/s1. The first-order valence-corrected chi connectivity index (χ1v) is 12.3. The summed E-state index contributed by atoms with van der Waals surface area (Å²) in [5, 5.41) is 9.77. The fourth-order valence-electron chi connectivity index (χ4n) is 4.09. The number of rotatable bonds is 12. The Bertz CT molecular complexity index is 607. The van der Waals surface area contributed by atoms with Crippen LogP contribution in [0.15, 0.2) is 18.2 Å². The number of nitrogens with two attached hydrogens (primary N) is 1. The third-order valence-corrected chi connectivity index (χ3v) is 6.49. The first-order chi connectivity index (χ1) is 13.3. The van der Waals surface area contributed by atoms with Crippen molar-refractivity contribution in [2.75, 3.05) is 13.2 Å². The van der Waals surface area contributed by atoms with E-state index in [4.69, 9.17) is 24.9 Å². The van der Waals surface area contributed by atoms with Gasteiger partial charge in [-0.3, -0.25) is 0 Å². The Morgan fingerprint density at radius 3 is 2.50 bits per heavy atom. The van der Waals surface area contributed by atoms with Crippen LogP contribution < -0.4 is 5.73 Å². The van der Waals surface area contributed by atoms with E-state index >= 15 is 0 Å². The van der Waals surface area contributed by atoms with Gasteiger partial charge in [-0.05, 0) is 0 Å². The molecule has 0 fully saturated rings. The van der Waals surface area contributed by atoms with Gasteiger partial charge >= 0.3 is 136 Å². The van der Waals surface area contributed by atoms with Gasteiger partial charge in [0.2, 0.25) is 0 Å². The van der Waals surface area contributed by atoms with Gasteiger partial charge < -0.3 is 0 Å². The molecule has 1 aromatic carbocycles. The van der Waals surface area contributed by atoms with E-state index in [0.29, 0.717) is 6.42 Å². The molecule has 1 aliphatic carbocycles. The summed E-state index contributed by atoms with van der Waals surface area (Å²) in [6.45, 7) is 1.61. The van der Waals surface area contributed by atoms with Gasteiger partial charge in [0.15, 0.2) is 0 Å². The van der Waals surface area contributed by atoms with E-state index in [0.717, 1.165) is 19.3 Å². The Labute approximate surface area is 169 Å². The van der Waals surface area contributed by atoms with Crippen molar-refractivity contribution < 1.29 is 24.3 Å². The van der Waals surface area contributed by atoms with E-state index in [2.05, 4.69) is 25.1 Å². The maximum absolute atomic E-state index is 9.77. The fourth-order valence-corrected chi connectivity index (χ4v) is 4.55. The Hall–Kier alpha value is -0.590. The van der Waals surface area contributed by atoms with Crippen molar-refractivity contribution in [2.24, 2.45) is 11.7 Å². The summed E-state index contributed by atoms with van der Waals surface area (Å²) in [7, 11) is -4.64. The van der Waals surface area contributed by atoms with Crippen molar-refractivity contribution in [3.8, 4) is 0 Å². The van der Waals surface area contributed by atoms with Gasteiger partial charge in [-0.15, -0.1) is 0 Å². The monoisotopic (exact) mass is 415 g/mol. The van der Waals surface area contributed by atoms with Crippen LogP contribution in [0.2, 0.25) is 0 Å². The molecular weight excluding hydrogens is 377 g/mol. The molecule has 0 aromatic heterocycles. The quantitative estimate of drug-likeness (QED) is 0.265. The van der Waals surface area contributed by atoms with Crippen LogP contribution in [0.3, 0.4) is 0 Å². The predicted octanol–water partition coefficient (Wildman–Crippen LogP) is 2.79. The summed E-state index contributed by atoms with van der Waals surface area (Å²) in [5.74, 6) is -0.0502. The number of aliphatic hydroxyl groups is 1. The molecule has 1 aromatic rings. The number of fused-ring (bicyclic) bond motifs is 1. The minimum absolute atomic E-state index is 0.0502. The number of hydrogen-bond donors (Lipinski definition) is 5. The van der Waals surface area contributed by atoms with Gasteiger partial charge in [-0.1, -0.05) is 32.6 Å². The molecule has 0 saturated carbocycles. The zero-order valence-corrected chi connectivity index (χ0v) is 18.1. The SMILES string of the molecule is CCCCCCCCc1ccc2c(c1)CC[C@H](C(N)(CO)CO[PH](O)(O)O)C2. The van der Waals surface area contributed by atoms with Crippen molar-refractivity contribution in [1.82, 2.24) is 0 Å². The van der Waals surface area contributed by atoms with Crippen molar-refractivity contribution in [3.63, 3.8) is 0 Å². The second kappa shape index (κ2) is 11.0. The van der Waals surface area contributed by atoms with Crippen LogP contribution in [-0.2, 0) is 23.8 Å². The van der Waals surface area contributed by atoms with Crippen molar-refractivity contribution in [2.45, 2.75) is 76.7 Å². The number of aliphatic hydroxyl groups excluding tert-OH is 1. The molecule has 0 aliphatic heterocycles. The van der Waals surface area contributed by atoms with E-state index in [1.165, 1.54) is 55.2 Å². The molecular formula is C21H38NO5P. The summed E-state index contributed by atoms with van der Waals surface area (Å²) in [4.78, 5) is 27.3. The molecule has 6 nitrogen and oxygen atoms in total. The predicted molar refractivity (Wildman–Crippen MR) is 114 cm³/mol. The molecule has 7 heteroatoms. The Balaban J connectivity index is 1.90. The van der Waals surface area contributed by atoms with Gasteiger partial charge in [0.1, 0.15) is 0 Å². The van der Waals surface area contributed by atoms with Gasteiger partial charge in [-0.25, -0.2) is 0 Å². The number of benzene rings is 1. The summed E-state index contributed by atoms with van der Waals surface area (Å²) >= 11 is 0. The van der Waals surface area contributed by atoms with Crippen LogP contribution in [0.1, 0.15) is 68.6 Å². The van der Waals surface area contributed by atoms with Crippen LogP contribution in [-0.4, -0.2) is 38.5 Å². The van der Waals surface area contributed by atoms with Gasteiger partial charge in [0.25, 0.3) is 0 Å². The minimum atomic E-state index is -4.64. The second-order valence-electron chi connectivity index (χ2n) is 8.31. The van der Waals surface area contributed by atoms with Crippen LogP contribution in [0.4, 0.5) is 0 Å². The van der Waals surface area contributed by atoms with Crippen LogP contribution in [0.25, 0.3) is 0 Å². The van der Waals surface area contributed by atoms with Gasteiger partial charge in [0.05, 0.1) is 0 Å². The van der Waals surface area contributed by atoms with E-state index in [1.807, 2.05) is 0 Å². The topological polar surface area (TPSA) is 116 Å². The van der Waals surface area contributed by atoms with Crippen molar-refractivity contribution in [1.29, 1.82) is 0 Å². The third-order valence-electron chi connectivity index (χ3n) is 5.96. The first kappa shape index (κ1) is 23.7. The van der Waals surface area contributed by atoms with Gasteiger partial charge in [0, 0.05) is 0 Å². The third kappa shape index (κ3) is 7.34. The van der Waals surface area contributed by atoms with E-state index in [-0.39, 0.29) is 19.1 Å². The average molecular weight is 416 g/mol. The molecule has 0 radical (unpaired) electrons. The molecule has 0 bridgehead atoms. The van der Waals surface area contributed by atoms with Crippen molar-refractivity contribution in [3.05, 3.63) is 34.9 Å². The normalized spacial score (nSPS) is 19.9. The van der Waals surface area contributed by atoms with Crippen LogP contribution in [0, 0.1) is 5.92 Å². The molecule has 2 atom stereocenters. The summed E-state index contributed by atoms with van der Waals surface area (Å²) in [6, 6.07) is 6.65. The number of aryl methyl sites for hydroxylation is 2. The molecule has 0 saturated heterocycles. The zero-order valence-electron chi connectivity index (χ0n) is 17.1. The molecule has 1 unspecified atom stereocenters. The van der Waals surface area contributed by atoms with E-state index < -0.39 is 13.7 Å². The summed E-state index contributed by atoms with van der Waals surface area (Å²) in [6.07, 6.45) is 11.3. The van der Waals surface area contributed by atoms with Crippen molar-refractivity contribution >= 4 is 8.17 Å². The molecule has 0 heterocycles. The average Bonchev–Trinajstić information content (AvgIpc) is 2.67. The van der Waals surface area contributed by atoms with Gasteiger partial charge in [-0.2, -0.15) is 0 Å². The van der Waals surface area contributed by atoms with E-state index in [9.17, 15) is 5.11 Å². The summed E-state index contributed by atoms with van der Waals surface area (Å²) < 4.78 is 4.75. The van der Waals surface area contributed by atoms with Crippen LogP contribution in [0.5, 0.6) is 0 Å². The molecule has 2 rings (SSSR count). The summed E-state index contributed by atoms with van der Waals surface area (Å²) in [5.41, 5.74) is 9.14. The Morgan fingerprint density at radius 2 is 1.82 bits per heavy atom. The Kier molecular flexibility index (Phi) is 9.29. The maximum atomic E-state index is 9.77. The molecule has 1 aliphatic rings. The molecule has 0 amide bonds. The molecule has 0 spiro atoms. The molecule has 6 N–H and O–H groups in total. The first-order valence-electron chi connectivity index (χ1n) is 10.6. The number of hydrogen-bond acceptors (Lipinski definition) is 6. The fraction of sp³-hybridized carbons (Fsp3) is 0.714. The number of unbranched alkanes of at least 4 members (excludes halogenated alkanes) is 5. The Morgan fingerprint density at radius 1 is 1.11 bits per heavy atom. The van der Waals surface area contributed by atoms with E-state index in [1.54, 1.807) is 0 Å². The van der Waals surface area contributed by atoms with Crippen LogP contribution >= 0.6 is 8.17 Å². The molecule has 28 heavy (non-hydrogen) atoms. The zero-order chi connectivity index (χ0) is 20.6. The molecule has 162 valence electrons.